The van der Waals surface area contributed by atoms with Gasteiger partial charge in [0.1, 0.15) is 0 Å². The predicted molar refractivity (Wildman–Crippen MR) is 131 cm³/mol. The molecule has 3 aromatic carbocycles. The van der Waals surface area contributed by atoms with E-state index in [1.807, 2.05) is 48.7 Å². The van der Waals surface area contributed by atoms with Crippen LogP contribution >= 0.6 is 11.6 Å². The van der Waals surface area contributed by atoms with Gasteiger partial charge >= 0.3 is 0 Å². The molecular formula is C26H24ClN3O3. The molecule has 0 aliphatic heterocycles. The molecule has 0 radical (unpaired) electrons. The zero-order valence-electron chi connectivity index (χ0n) is 18.1. The highest BCUT2D eigenvalue weighted by Crippen LogP contribution is 2.26. The van der Waals surface area contributed by atoms with Crippen LogP contribution in [0.1, 0.15) is 26.3 Å². The molecule has 6 nitrogen and oxygen atoms in total. The summed E-state index contributed by atoms with van der Waals surface area (Å²) >= 11 is 6.33. The maximum Gasteiger partial charge on any atom is 0.253 e. The van der Waals surface area contributed by atoms with Gasteiger partial charge in [-0.2, -0.15) is 0 Å². The molecule has 0 aliphatic carbocycles. The van der Waals surface area contributed by atoms with E-state index in [4.69, 9.17) is 11.6 Å². The van der Waals surface area contributed by atoms with E-state index in [1.54, 1.807) is 31.3 Å². The lowest BCUT2D eigenvalue weighted by Crippen LogP contribution is -2.39. The Morgan fingerprint density at radius 1 is 1.00 bits per heavy atom. The van der Waals surface area contributed by atoms with E-state index in [1.165, 1.54) is 0 Å². The van der Waals surface area contributed by atoms with E-state index < -0.39 is 6.04 Å². The van der Waals surface area contributed by atoms with E-state index in [-0.39, 0.29) is 18.4 Å². The number of carbonyl (C=O) groups is 2. The summed E-state index contributed by atoms with van der Waals surface area (Å²) in [5, 5.41) is 16.8. The fourth-order valence-electron chi connectivity index (χ4n) is 3.83. The van der Waals surface area contributed by atoms with Crippen molar-refractivity contribution in [1.82, 2.24) is 15.6 Å². The van der Waals surface area contributed by atoms with Crippen LogP contribution in [0.4, 0.5) is 0 Å². The number of aliphatic hydroxyl groups is 1. The summed E-state index contributed by atoms with van der Waals surface area (Å²) in [5.41, 5.74) is 4.55. The Labute approximate surface area is 196 Å². The Bertz CT molecular complexity index is 1300. The van der Waals surface area contributed by atoms with Crippen molar-refractivity contribution in [3.63, 3.8) is 0 Å². The molecule has 2 amide bonds. The van der Waals surface area contributed by atoms with Crippen LogP contribution in [0, 0.1) is 0 Å². The average Bonchev–Trinajstić information content (AvgIpc) is 3.26. The van der Waals surface area contributed by atoms with Gasteiger partial charge in [-0.05, 0) is 53.4 Å². The summed E-state index contributed by atoms with van der Waals surface area (Å²) in [7, 11) is 1.58. The van der Waals surface area contributed by atoms with Crippen LogP contribution in [0.25, 0.3) is 22.0 Å². The number of aliphatic hydroxyl groups excluding tert-OH is 1. The monoisotopic (exact) mass is 461 g/mol. The highest BCUT2D eigenvalue weighted by molar-refractivity contribution is 6.34. The van der Waals surface area contributed by atoms with Crippen LogP contribution in [-0.2, 0) is 6.42 Å². The number of nitrogens with one attached hydrogen (secondary N) is 3. The van der Waals surface area contributed by atoms with Crippen LogP contribution in [0.2, 0.25) is 5.02 Å². The highest BCUT2D eigenvalue weighted by atomic mass is 35.5. The van der Waals surface area contributed by atoms with Gasteiger partial charge in [0, 0.05) is 29.7 Å². The van der Waals surface area contributed by atoms with E-state index in [0.29, 0.717) is 22.6 Å². The van der Waals surface area contributed by atoms with Gasteiger partial charge in [-0.3, -0.25) is 9.59 Å². The summed E-state index contributed by atoms with van der Waals surface area (Å²) in [6.45, 7) is -0.205. The summed E-state index contributed by atoms with van der Waals surface area (Å²) in [6.07, 6.45) is 2.38. The minimum Gasteiger partial charge on any atom is -0.394 e. The Balaban J connectivity index is 1.53. The Kier molecular flexibility index (Phi) is 6.77. The number of benzene rings is 3. The zero-order valence-corrected chi connectivity index (χ0v) is 18.8. The molecule has 33 heavy (non-hydrogen) atoms. The quantitative estimate of drug-likeness (QED) is 0.332. The molecule has 1 heterocycles. The Morgan fingerprint density at radius 3 is 2.45 bits per heavy atom. The molecule has 4 N–H and O–H groups in total. The number of carbonyl (C=O) groups excluding carboxylic acids is 2. The lowest BCUT2D eigenvalue weighted by Gasteiger charge is -2.17. The number of amides is 2. The van der Waals surface area contributed by atoms with Gasteiger partial charge in [0.2, 0.25) is 0 Å². The topological polar surface area (TPSA) is 94.2 Å². The van der Waals surface area contributed by atoms with Crippen molar-refractivity contribution in [2.75, 3.05) is 13.7 Å². The number of rotatable bonds is 7. The van der Waals surface area contributed by atoms with Gasteiger partial charge < -0.3 is 20.7 Å². The van der Waals surface area contributed by atoms with Crippen molar-refractivity contribution < 1.29 is 14.7 Å². The van der Waals surface area contributed by atoms with E-state index in [2.05, 4.69) is 15.6 Å². The van der Waals surface area contributed by atoms with Gasteiger partial charge in [0.05, 0.1) is 23.2 Å². The molecule has 0 fully saturated rings. The number of hydrogen-bond acceptors (Lipinski definition) is 3. The molecule has 0 aliphatic rings. The van der Waals surface area contributed by atoms with Crippen molar-refractivity contribution in [3.05, 3.63) is 94.6 Å². The Morgan fingerprint density at radius 2 is 1.73 bits per heavy atom. The SMILES string of the molecule is CNC(=O)c1ccc(-c2ccc(Cl)c(C(=O)N[C@@H](CO)Cc3c[nH]c4ccccc34)c2)cc1. The number of aromatic amines is 1. The largest absolute Gasteiger partial charge is 0.394 e. The lowest BCUT2D eigenvalue weighted by molar-refractivity contribution is 0.0915. The molecule has 0 saturated carbocycles. The van der Waals surface area contributed by atoms with Crippen LogP contribution in [0.15, 0.2) is 72.9 Å². The first-order chi connectivity index (χ1) is 16.0. The van der Waals surface area contributed by atoms with Crippen LogP contribution in [-0.4, -0.2) is 41.6 Å². The van der Waals surface area contributed by atoms with Crippen LogP contribution < -0.4 is 10.6 Å². The second kappa shape index (κ2) is 9.90. The molecule has 0 bridgehead atoms. The normalized spacial score (nSPS) is 11.8. The van der Waals surface area contributed by atoms with E-state index >= 15 is 0 Å². The smallest absolute Gasteiger partial charge is 0.253 e. The van der Waals surface area contributed by atoms with Crippen LogP contribution in [0.3, 0.4) is 0 Å². The lowest BCUT2D eigenvalue weighted by atomic mass is 10.0. The first kappa shape index (κ1) is 22.6. The molecular weight excluding hydrogens is 438 g/mol. The first-order valence-electron chi connectivity index (χ1n) is 10.6. The summed E-state index contributed by atoms with van der Waals surface area (Å²) in [5.74, 6) is -0.523. The van der Waals surface area contributed by atoms with Gasteiger partial charge in [-0.25, -0.2) is 0 Å². The predicted octanol–water partition coefficient (Wildman–Crippen LogP) is 4.18. The van der Waals surface area contributed by atoms with Crippen molar-refractivity contribution in [3.8, 4) is 11.1 Å². The van der Waals surface area contributed by atoms with Gasteiger partial charge in [0.15, 0.2) is 0 Å². The van der Waals surface area contributed by atoms with E-state index in [9.17, 15) is 14.7 Å². The highest BCUT2D eigenvalue weighted by Gasteiger charge is 2.18. The minimum absolute atomic E-state index is 0.164. The number of fused-ring (bicyclic) bond motifs is 1. The third-order valence-corrected chi connectivity index (χ3v) is 5.94. The molecule has 4 aromatic rings. The third-order valence-electron chi connectivity index (χ3n) is 5.62. The second-order valence-corrected chi connectivity index (χ2v) is 8.17. The number of halogens is 1. The number of H-pyrrole nitrogens is 1. The van der Waals surface area contributed by atoms with Crippen molar-refractivity contribution in [2.45, 2.75) is 12.5 Å². The molecule has 1 aromatic heterocycles. The van der Waals surface area contributed by atoms with Gasteiger partial charge in [0.25, 0.3) is 11.8 Å². The molecule has 1 atom stereocenters. The van der Waals surface area contributed by atoms with Crippen molar-refractivity contribution in [2.24, 2.45) is 0 Å². The second-order valence-electron chi connectivity index (χ2n) is 7.77. The number of para-hydroxylation sites is 1. The molecule has 4 rings (SSSR count). The molecule has 168 valence electrons. The van der Waals surface area contributed by atoms with Crippen molar-refractivity contribution >= 4 is 34.3 Å². The minimum atomic E-state index is -0.469. The molecule has 0 saturated heterocycles. The average molecular weight is 462 g/mol. The van der Waals surface area contributed by atoms with Crippen LogP contribution in [0.5, 0.6) is 0 Å². The Hall–Kier alpha value is -3.61. The fraction of sp³-hybridized carbons (Fsp3) is 0.154. The molecule has 0 unspecified atom stereocenters. The standard InChI is InChI=1S/C26H24ClN3O3/c1-28-25(32)17-8-6-16(7-9-17)18-10-11-23(27)22(13-18)26(33)30-20(15-31)12-19-14-29-24-5-3-2-4-21(19)24/h2-11,13-14,20,29,31H,12,15H2,1H3,(H,28,32)(H,30,33)/t20-/m1/s1. The van der Waals surface area contributed by atoms with E-state index in [0.717, 1.165) is 27.6 Å². The number of aromatic nitrogens is 1. The molecule has 0 spiro atoms. The maximum absolute atomic E-state index is 13.0. The summed E-state index contributed by atoms with van der Waals surface area (Å²) in [6, 6.07) is 19.7. The van der Waals surface area contributed by atoms with Gasteiger partial charge in [-0.1, -0.05) is 48.0 Å². The summed E-state index contributed by atoms with van der Waals surface area (Å²) < 4.78 is 0. The summed E-state index contributed by atoms with van der Waals surface area (Å²) in [4.78, 5) is 28.0. The first-order valence-corrected chi connectivity index (χ1v) is 11.0. The zero-order chi connectivity index (χ0) is 23.4. The fourth-order valence-corrected chi connectivity index (χ4v) is 4.03. The number of hydrogen-bond donors (Lipinski definition) is 4. The maximum atomic E-state index is 13.0. The van der Waals surface area contributed by atoms with Crippen molar-refractivity contribution in [1.29, 1.82) is 0 Å². The molecule has 7 heteroatoms. The van der Waals surface area contributed by atoms with Gasteiger partial charge in [-0.15, -0.1) is 0 Å². The third kappa shape index (κ3) is 4.92.